The number of hydrogen-bond acceptors (Lipinski definition) is 1. The van der Waals surface area contributed by atoms with E-state index in [-0.39, 0.29) is 39.9 Å². The van der Waals surface area contributed by atoms with Gasteiger partial charge in [0.25, 0.3) is 0 Å². The maximum atomic E-state index is 3.62. The van der Waals surface area contributed by atoms with Crippen molar-refractivity contribution in [2.75, 3.05) is 0 Å². The minimum Gasteiger partial charge on any atom is -1.00 e. The first-order chi connectivity index (χ1) is 4.43. The van der Waals surface area contributed by atoms with E-state index in [1.807, 2.05) is 0 Å². The average molecular weight is 183 g/mol. The van der Waals surface area contributed by atoms with Gasteiger partial charge in [0.05, 0.1) is 10.4 Å². The molecule has 1 nitrogen and oxygen atoms in total. The standard InChI is InChI=1S/C6H17NSi2.Na.H/c8-7-9-5-3-1-2-4-6-9;;/h7,9H,1-6H2,8H3;;/q;+1;-1. The van der Waals surface area contributed by atoms with Crippen LogP contribution >= 0.6 is 0 Å². The Hall–Kier alpha value is 1.39. The van der Waals surface area contributed by atoms with Crippen molar-refractivity contribution in [2.45, 2.75) is 37.8 Å². The largest absolute Gasteiger partial charge is 1.00 e. The van der Waals surface area contributed by atoms with Gasteiger partial charge >= 0.3 is 29.6 Å². The SMILES string of the molecule is [H-].[Na+].[SiH3]N[SiH]1CCCCCC1. The van der Waals surface area contributed by atoms with Crippen LogP contribution in [0.5, 0.6) is 0 Å². The molecule has 1 rings (SSSR count). The summed E-state index contributed by atoms with van der Waals surface area (Å²) in [6.45, 7) is 0. The van der Waals surface area contributed by atoms with Crippen molar-refractivity contribution >= 4 is 19.4 Å². The fourth-order valence-corrected chi connectivity index (χ4v) is 5.73. The smallest absolute Gasteiger partial charge is 1.00 e. The van der Waals surface area contributed by atoms with Gasteiger partial charge in [0, 0.05) is 0 Å². The molecule has 0 unspecified atom stereocenters. The Morgan fingerprint density at radius 1 is 1.10 bits per heavy atom. The molecule has 0 atom stereocenters. The molecule has 0 spiro atoms. The van der Waals surface area contributed by atoms with Crippen LogP contribution in [0.4, 0.5) is 0 Å². The minimum atomic E-state index is -0.339. The zero-order valence-corrected chi connectivity index (χ0v) is 12.5. The average Bonchev–Trinajstić information content (AvgIpc) is 2.13. The molecule has 1 saturated heterocycles. The zero-order chi connectivity index (χ0) is 6.53. The maximum Gasteiger partial charge on any atom is 1.00 e. The fraction of sp³-hybridized carbons (Fsp3) is 1.00. The number of hydrogen-bond donors (Lipinski definition) is 1. The van der Waals surface area contributed by atoms with Crippen molar-refractivity contribution in [1.29, 1.82) is 0 Å². The molecule has 0 aromatic carbocycles. The Labute approximate surface area is 92.3 Å². The van der Waals surface area contributed by atoms with E-state index in [9.17, 15) is 0 Å². The Morgan fingerprint density at radius 2 is 1.60 bits per heavy atom. The van der Waals surface area contributed by atoms with Gasteiger partial charge in [0.1, 0.15) is 8.96 Å². The first-order valence-electron chi connectivity index (χ1n) is 4.11. The summed E-state index contributed by atoms with van der Waals surface area (Å²) in [7, 11) is 0.901. The van der Waals surface area contributed by atoms with Gasteiger partial charge in [0.2, 0.25) is 0 Å². The summed E-state index contributed by atoms with van der Waals surface area (Å²) in [4.78, 5) is 0. The van der Waals surface area contributed by atoms with Crippen LogP contribution in [0.2, 0.25) is 12.1 Å². The molecule has 10 heavy (non-hydrogen) atoms. The Bertz CT molecular complexity index is 79.0. The third-order valence-electron chi connectivity index (χ3n) is 2.26. The van der Waals surface area contributed by atoms with E-state index in [0.717, 1.165) is 0 Å². The second kappa shape index (κ2) is 7.07. The van der Waals surface area contributed by atoms with Crippen LogP contribution in [0.3, 0.4) is 0 Å². The molecular weight excluding hydrogens is 165 g/mol. The van der Waals surface area contributed by atoms with Gasteiger partial charge in [-0.2, -0.15) is 0 Å². The van der Waals surface area contributed by atoms with Gasteiger partial charge in [0.15, 0.2) is 0 Å². The Morgan fingerprint density at radius 3 is 2.00 bits per heavy atom. The quantitative estimate of drug-likeness (QED) is 0.435. The molecule has 0 aliphatic carbocycles. The van der Waals surface area contributed by atoms with Gasteiger partial charge in [-0.15, -0.1) is 0 Å². The summed E-state index contributed by atoms with van der Waals surface area (Å²) in [5, 5.41) is 0. The summed E-state index contributed by atoms with van der Waals surface area (Å²) in [5.41, 5.74) is 0. The van der Waals surface area contributed by atoms with E-state index in [1.54, 1.807) is 12.1 Å². The molecule has 1 aliphatic heterocycles. The molecule has 56 valence electrons. The van der Waals surface area contributed by atoms with Crippen LogP contribution in [0.1, 0.15) is 27.1 Å². The molecule has 0 aromatic heterocycles. The molecule has 0 amide bonds. The van der Waals surface area contributed by atoms with Crippen molar-refractivity contribution in [3.8, 4) is 0 Å². The Balaban J connectivity index is 0. The van der Waals surface area contributed by atoms with Crippen LogP contribution in [0.25, 0.3) is 0 Å². The molecule has 0 bridgehead atoms. The molecule has 4 heteroatoms. The van der Waals surface area contributed by atoms with Gasteiger partial charge in [-0.3, -0.25) is 0 Å². The summed E-state index contributed by atoms with van der Waals surface area (Å²) >= 11 is 0. The fourth-order valence-electron chi connectivity index (χ4n) is 1.57. The van der Waals surface area contributed by atoms with Crippen molar-refractivity contribution in [2.24, 2.45) is 0 Å². The molecule has 1 fully saturated rings. The molecule has 0 radical (unpaired) electrons. The second-order valence-electron chi connectivity index (χ2n) is 2.98. The topological polar surface area (TPSA) is 12.0 Å². The van der Waals surface area contributed by atoms with E-state index in [1.165, 1.54) is 36.1 Å². The Kier molecular flexibility index (Phi) is 8.05. The molecule has 1 heterocycles. The summed E-state index contributed by atoms with van der Waals surface area (Å²) in [6, 6.07) is 3.15. The van der Waals surface area contributed by atoms with E-state index in [0.29, 0.717) is 0 Å². The third kappa shape index (κ3) is 4.31. The first kappa shape index (κ1) is 11.4. The molecular formula is C6H18NNaSi2. The van der Waals surface area contributed by atoms with Crippen molar-refractivity contribution in [3.05, 3.63) is 0 Å². The molecule has 1 N–H and O–H groups in total. The van der Waals surface area contributed by atoms with Crippen molar-refractivity contribution in [1.82, 2.24) is 4.65 Å². The van der Waals surface area contributed by atoms with Crippen molar-refractivity contribution < 1.29 is 31.0 Å². The minimum absolute atomic E-state index is 0. The van der Waals surface area contributed by atoms with Gasteiger partial charge in [-0.05, 0) is 12.1 Å². The van der Waals surface area contributed by atoms with Crippen molar-refractivity contribution in [3.63, 3.8) is 0 Å². The van der Waals surface area contributed by atoms with Gasteiger partial charge in [-0.25, -0.2) is 0 Å². The predicted molar refractivity (Wildman–Crippen MR) is 49.4 cm³/mol. The predicted octanol–water partition coefficient (Wildman–Crippen LogP) is -2.73. The first-order valence-corrected chi connectivity index (χ1v) is 7.32. The maximum absolute atomic E-state index is 3.62. The van der Waals surface area contributed by atoms with E-state index < -0.39 is 0 Å². The molecule has 0 saturated carbocycles. The van der Waals surface area contributed by atoms with Crippen LogP contribution in [0, 0.1) is 0 Å². The number of rotatable bonds is 1. The zero-order valence-electron chi connectivity index (χ0n) is 8.32. The summed E-state index contributed by atoms with van der Waals surface area (Å²) < 4.78 is 3.62. The van der Waals surface area contributed by atoms with E-state index in [4.69, 9.17) is 0 Å². The van der Waals surface area contributed by atoms with Crippen LogP contribution < -0.4 is 34.2 Å². The van der Waals surface area contributed by atoms with Crippen LogP contribution in [-0.4, -0.2) is 19.4 Å². The second-order valence-corrected chi connectivity index (χ2v) is 7.84. The van der Waals surface area contributed by atoms with Gasteiger partial charge in [-0.1, -0.05) is 25.7 Å². The van der Waals surface area contributed by atoms with Crippen LogP contribution in [0.15, 0.2) is 0 Å². The van der Waals surface area contributed by atoms with Gasteiger partial charge < -0.3 is 6.07 Å². The normalized spacial score (nSPS) is 21.6. The molecule has 0 aromatic rings. The summed E-state index contributed by atoms with van der Waals surface area (Å²) in [6.07, 6.45) is 6.05. The monoisotopic (exact) mass is 183 g/mol. The molecule has 1 aliphatic rings. The van der Waals surface area contributed by atoms with E-state index >= 15 is 0 Å². The number of nitrogens with one attached hydrogen (secondary N) is 1. The summed E-state index contributed by atoms with van der Waals surface area (Å²) in [5.74, 6) is 0. The van der Waals surface area contributed by atoms with Crippen LogP contribution in [-0.2, 0) is 0 Å². The third-order valence-corrected chi connectivity index (χ3v) is 7.74. The van der Waals surface area contributed by atoms with E-state index in [2.05, 4.69) is 4.65 Å².